The Kier molecular flexibility index (Phi) is 7.27. The molecule has 3 amide bonds. The zero-order chi connectivity index (χ0) is 11.7. The average Bonchev–Trinajstić information content (AvgIpc) is 2.26. The van der Waals surface area contributed by atoms with Crippen LogP contribution in [0.4, 0.5) is 4.79 Å². The molecule has 0 spiro atoms. The van der Waals surface area contributed by atoms with E-state index in [0.29, 0.717) is 25.9 Å². The van der Waals surface area contributed by atoms with Gasteiger partial charge in [0.2, 0.25) is 6.41 Å². The third kappa shape index (κ3) is 5.85. The van der Waals surface area contributed by atoms with Crippen LogP contribution >= 0.6 is 0 Å². The average molecular weight is 213 g/mol. The lowest BCUT2D eigenvalue weighted by atomic mass is 10.3. The molecule has 0 aromatic rings. The molecule has 0 unspecified atom stereocenters. The molecular weight excluding hydrogens is 194 g/mol. The Hall–Kier alpha value is -1.36. The third-order valence-corrected chi connectivity index (χ3v) is 1.99. The van der Waals surface area contributed by atoms with E-state index in [-0.39, 0.29) is 0 Å². The van der Waals surface area contributed by atoms with E-state index in [4.69, 9.17) is 5.73 Å². The number of carbonyl (C=O) groups excluding carboxylic acids is 2. The molecule has 0 heterocycles. The number of allylic oxidation sites excluding steroid dienone is 1. The number of nitrogens with zero attached hydrogens (tertiary/aromatic N) is 1. The summed E-state index contributed by atoms with van der Waals surface area (Å²) >= 11 is 0. The van der Waals surface area contributed by atoms with Gasteiger partial charge in [0.15, 0.2) is 0 Å². The normalized spacial score (nSPS) is 11.0. The molecule has 0 aliphatic rings. The summed E-state index contributed by atoms with van der Waals surface area (Å²) < 4.78 is 0. The zero-order valence-electron chi connectivity index (χ0n) is 9.32. The Bertz CT molecular complexity index is 239. The Morgan fingerprint density at radius 2 is 2.20 bits per heavy atom. The molecule has 86 valence electrons. The Labute approximate surface area is 90.3 Å². The first-order chi connectivity index (χ1) is 7.15. The van der Waals surface area contributed by atoms with Crippen LogP contribution in [0.15, 0.2) is 11.8 Å². The van der Waals surface area contributed by atoms with Crippen LogP contribution in [-0.2, 0) is 4.79 Å². The van der Waals surface area contributed by atoms with Crippen LogP contribution in [0.3, 0.4) is 0 Å². The minimum absolute atomic E-state index is 0.352. The predicted molar refractivity (Wildman–Crippen MR) is 59.0 cm³/mol. The van der Waals surface area contributed by atoms with E-state index in [1.165, 1.54) is 0 Å². The quantitative estimate of drug-likeness (QED) is 0.641. The number of hydrogen-bond donors (Lipinski definition) is 2. The van der Waals surface area contributed by atoms with Crippen molar-refractivity contribution in [3.63, 3.8) is 0 Å². The van der Waals surface area contributed by atoms with Gasteiger partial charge in [0.1, 0.15) is 0 Å². The van der Waals surface area contributed by atoms with Crippen LogP contribution in [0.1, 0.15) is 26.7 Å². The fraction of sp³-hybridized carbons (Fsp3) is 0.600. The first-order valence-corrected chi connectivity index (χ1v) is 5.03. The first kappa shape index (κ1) is 13.6. The number of rotatable bonds is 6. The van der Waals surface area contributed by atoms with E-state index in [1.807, 2.05) is 13.8 Å². The second-order valence-electron chi connectivity index (χ2n) is 3.23. The minimum Gasteiger partial charge on any atom is -0.330 e. The molecule has 0 aliphatic carbocycles. The molecule has 0 saturated carbocycles. The standard InChI is InChI=1S/C10H19N3O2/c1-3-9(2)7-12-10(15)13(8-14)6-4-5-11/h7-8H,3-6,11H2,1-2H3,(H,12,15)/b9-7+. The van der Waals surface area contributed by atoms with Crippen LogP contribution in [0.25, 0.3) is 0 Å². The maximum absolute atomic E-state index is 11.4. The molecule has 0 aromatic carbocycles. The summed E-state index contributed by atoms with van der Waals surface area (Å²) in [5.41, 5.74) is 6.34. The predicted octanol–water partition coefficient (Wildman–Crippen LogP) is 0.817. The van der Waals surface area contributed by atoms with Gasteiger partial charge in [-0.1, -0.05) is 12.5 Å². The van der Waals surface area contributed by atoms with Crippen LogP contribution in [0.2, 0.25) is 0 Å². The molecule has 0 bridgehead atoms. The van der Waals surface area contributed by atoms with Crippen molar-refractivity contribution < 1.29 is 9.59 Å². The van der Waals surface area contributed by atoms with Crippen LogP contribution in [0, 0.1) is 0 Å². The van der Waals surface area contributed by atoms with Gasteiger partial charge < -0.3 is 11.1 Å². The highest BCUT2D eigenvalue weighted by molar-refractivity contribution is 5.85. The smallest absolute Gasteiger partial charge is 0.327 e. The third-order valence-electron chi connectivity index (χ3n) is 1.99. The van der Waals surface area contributed by atoms with E-state index in [9.17, 15) is 9.59 Å². The first-order valence-electron chi connectivity index (χ1n) is 5.03. The fourth-order valence-electron chi connectivity index (χ4n) is 0.834. The highest BCUT2D eigenvalue weighted by Crippen LogP contribution is 1.95. The summed E-state index contributed by atoms with van der Waals surface area (Å²) in [6.45, 7) is 4.71. The molecule has 15 heavy (non-hydrogen) atoms. The van der Waals surface area contributed by atoms with Gasteiger partial charge in [0.25, 0.3) is 0 Å². The van der Waals surface area contributed by atoms with Crippen molar-refractivity contribution in [2.45, 2.75) is 26.7 Å². The van der Waals surface area contributed by atoms with Gasteiger partial charge in [-0.25, -0.2) is 4.79 Å². The summed E-state index contributed by atoms with van der Waals surface area (Å²) in [6.07, 6.45) is 3.61. The highest BCUT2D eigenvalue weighted by Gasteiger charge is 2.09. The van der Waals surface area contributed by atoms with Crippen LogP contribution < -0.4 is 11.1 Å². The number of nitrogens with two attached hydrogens (primary N) is 1. The van der Waals surface area contributed by atoms with Crippen molar-refractivity contribution in [3.05, 3.63) is 11.8 Å². The molecule has 0 rings (SSSR count). The van der Waals surface area contributed by atoms with Crippen molar-refractivity contribution >= 4 is 12.4 Å². The Morgan fingerprint density at radius 1 is 1.53 bits per heavy atom. The number of urea groups is 1. The molecule has 0 aliphatic heterocycles. The van der Waals surface area contributed by atoms with E-state index in [2.05, 4.69) is 5.32 Å². The van der Waals surface area contributed by atoms with E-state index < -0.39 is 6.03 Å². The fourth-order valence-corrected chi connectivity index (χ4v) is 0.834. The van der Waals surface area contributed by atoms with Crippen molar-refractivity contribution in [2.24, 2.45) is 5.73 Å². The topological polar surface area (TPSA) is 75.4 Å². The molecule has 0 radical (unpaired) electrons. The Balaban J connectivity index is 4.09. The van der Waals surface area contributed by atoms with Gasteiger partial charge in [0.05, 0.1) is 0 Å². The summed E-state index contributed by atoms with van der Waals surface area (Å²) in [4.78, 5) is 23.0. The van der Waals surface area contributed by atoms with E-state index in [1.54, 1.807) is 6.20 Å². The lowest BCUT2D eigenvalue weighted by Crippen LogP contribution is -2.37. The largest absolute Gasteiger partial charge is 0.330 e. The second-order valence-corrected chi connectivity index (χ2v) is 3.23. The molecule has 0 fully saturated rings. The summed E-state index contributed by atoms with van der Waals surface area (Å²) in [5.74, 6) is 0. The van der Waals surface area contributed by atoms with Crippen molar-refractivity contribution in [3.8, 4) is 0 Å². The van der Waals surface area contributed by atoms with Gasteiger partial charge in [-0.2, -0.15) is 0 Å². The van der Waals surface area contributed by atoms with Crippen molar-refractivity contribution in [1.29, 1.82) is 0 Å². The van der Waals surface area contributed by atoms with E-state index >= 15 is 0 Å². The molecule has 0 saturated heterocycles. The highest BCUT2D eigenvalue weighted by atomic mass is 16.2. The van der Waals surface area contributed by atoms with Gasteiger partial charge in [-0.05, 0) is 26.3 Å². The van der Waals surface area contributed by atoms with Crippen LogP contribution in [-0.4, -0.2) is 30.4 Å². The zero-order valence-corrected chi connectivity index (χ0v) is 9.32. The summed E-state index contributed by atoms with van der Waals surface area (Å²) in [6, 6.07) is -0.411. The number of carbonyl (C=O) groups is 2. The molecule has 3 N–H and O–H groups in total. The molecule has 5 heteroatoms. The maximum atomic E-state index is 11.4. The van der Waals surface area contributed by atoms with Crippen molar-refractivity contribution in [1.82, 2.24) is 10.2 Å². The molecule has 0 atom stereocenters. The number of hydrogen-bond acceptors (Lipinski definition) is 3. The van der Waals surface area contributed by atoms with Gasteiger partial charge in [0, 0.05) is 12.7 Å². The minimum atomic E-state index is -0.411. The van der Waals surface area contributed by atoms with Crippen molar-refractivity contribution in [2.75, 3.05) is 13.1 Å². The molecular formula is C10H19N3O2. The van der Waals surface area contributed by atoms with Gasteiger partial charge >= 0.3 is 6.03 Å². The van der Waals surface area contributed by atoms with E-state index in [0.717, 1.165) is 16.9 Å². The molecule has 0 aromatic heterocycles. The number of nitrogens with one attached hydrogen (secondary N) is 1. The lowest BCUT2D eigenvalue weighted by molar-refractivity contribution is -0.115. The SMILES string of the molecule is CC/C(C)=C/NC(=O)N(C=O)CCCN. The molecule has 5 nitrogen and oxygen atoms in total. The lowest BCUT2D eigenvalue weighted by Gasteiger charge is -2.14. The number of amides is 3. The summed E-state index contributed by atoms with van der Waals surface area (Å²) in [7, 11) is 0. The van der Waals surface area contributed by atoms with Gasteiger partial charge in [-0.15, -0.1) is 0 Å². The number of imide groups is 1. The Morgan fingerprint density at radius 3 is 2.67 bits per heavy atom. The second kappa shape index (κ2) is 7.99. The maximum Gasteiger partial charge on any atom is 0.327 e. The van der Waals surface area contributed by atoms with Gasteiger partial charge in [-0.3, -0.25) is 9.69 Å². The summed E-state index contributed by atoms with van der Waals surface area (Å²) in [5, 5.41) is 2.55. The monoisotopic (exact) mass is 213 g/mol. The van der Waals surface area contributed by atoms with Crippen LogP contribution in [0.5, 0.6) is 0 Å².